The van der Waals surface area contributed by atoms with Crippen LogP contribution >= 0.6 is 0 Å². The summed E-state index contributed by atoms with van der Waals surface area (Å²) >= 11 is 0. The monoisotopic (exact) mass is 579 g/mol. The highest BCUT2D eigenvalue weighted by Crippen LogP contribution is 2.36. The zero-order valence-electron chi connectivity index (χ0n) is 27.8. The van der Waals surface area contributed by atoms with Crippen LogP contribution in [0.15, 0.2) is 0 Å². The number of nitrogens with one attached hydrogen (secondary N) is 1. The number of amides is 3. The van der Waals surface area contributed by atoms with Gasteiger partial charge in [0.25, 0.3) is 0 Å². The Hall–Kier alpha value is -1.43. The van der Waals surface area contributed by atoms with Crippen molar-refractivity contribution in [3.8, 4) is 0 Å². The summed E-state index contributed by atoms with van der Waals surface area (Å²) in [4.78, 5) is 36.9. The molecule has 41 heavy (non-hydrogen) atoms. The van der Waals surface area contributed by atoms with Gasteiger partial charge >= 0.3 is 0 Å². The SMILES string of the molecule is CCCCCCCCCCCCCCCCCC(=O)NC(=O)C(CC)CC1C[N+](C)(C)CC1CCCC(C)C(N)=O. The van der Waals surface area contributed by atoms with Crippen molar-refractivity contribution >= 4 is 17.7 Å². The number of primary amides is 1. The van der Waals surface area contributed by atoms with Gasteiger partial charge in [-0.05, 0) is 32.1 Å². The third-order valence-corrected chi connectivity index (χ3v) is 9.54. The van der Waals surface area contributed by atoms with Gasteiger partial charge in [0.05, 0.1) is 27.2 Å². The van der Waals surface area contributed by atoms with Crippen LogP contribution in [-0.4, -0.2) is 49.4 Å². The van der Waals surface area contributed by atoms with E-state index in [0.29, 0.717) is 18.3 Å². The Morgan fingerprint density at radius 2 is 1.24 bits per heavy atom. The van der Waals surface area contributed by atoms with E-state index in [1.54, 1.807) is 0 Å². The summed E-state index contributed by atoms with van der Waals surface area (Å²) in [7, 11) is 4.53. The maximum absolute atomic E-state index is 13.0. The molecule has 6 heteroatoms. The standard InChI is InChI=1S/C35H67N3O3/c1-6-8-9-10-11-12-13-14-15-16-17-18-19-20-21-25-33(39)37-35(41)30(7-2)26-32-28-38(4,5)27-31(32)24-22-23-29(3)34(36)40/h29-32H,6-28H2,1-5H3,(H2-,36,37,39,40,41)/p+1. The van der Waals surface area contributed by atoms with Gasteiger partial charge in [0.15, 0.2) is 0 Å². The summed E-state index contributed by atoms with van der Waals surface area (Å²) in [5.74, 6) is 0.399. The van der Waals surface area contributed by atoms with Crippen molar-refractivity contribution in [2.75, 3.05) is 27.2 Å². The van der Waals surface area contributed by atoms with Crippen molar-refractivity contribution < 1.29 is 18.9 Å². The molecule has 1 heterocycles. The van der Waals surface area contributed by atoms with E-state index >= 15 is 0 Å². The quantitative estimate of drug-likeness (QED) is 0.0852. The number of unbranched alkanes of at least 4 members (excludes halogenated alkanes) is 14. The smallest absolute Gasteiger partial charge is 0.229 e. The van der Waals surface area contributed by atoms with Gasteiger partial charge in [-0.3, -0.25) is 19.7 Å². The van der Waals surface area contributed by atoms with Gasteiger partial charge in [0.2, 0.25) is 17.7 Å². The summed E-state index contributed by atoms with van der Waals surface area (Å²) in [6.07, 6.45) is 24.5. The second kappa shape index (κ2) is 22.2. The van der Waals surface area contributed by atoms with Crippen molar-refractivity contribution in [1.82, 2.24) is 5.32 Å². The zero-order valence-corrected chi connectivity index (χ0v) is 27.8. The molecule has 3 N–H and O–H groups in total. The lowest BCUT2D eigenvalue weighted by molar-refractivity contribution is -0.880. The summed E-state index contributed by atoms with van der Waals surface area (Å²) in [5.41, 5.74) is 5.44. The van der Waals surface area contributed by atoms with Crippen LogP contribution in [0, 0.1) is 23.7 Å². The molecule has 1 saturated heterocycles. The lowest BCUT2D eigenvalue weighted by atomic mass is 9.82. The van der Waals surface area contributed by atoms with E-state index in [2.05, 4.69) is 33.3 Å². The number of carbonyl (C=O) groups excluding carboxylic acids is 3. The van der Waals surface area contributed by atoms with Gasteiger partial charge in [-0.25, -0.2) is 0 Å². The van der Waals surface area contributed by atoms with Crippen molar-refractivity contribution in [3.63, 3.8) is 0 Å². The molecule has 0 spiro atoms. The van der Waals surface area contributed by atoms with Crippen LogP contribution in [-0.2, 0) is 14.4 Å². The summed E-state index contributed by atoms with van der Waals surface area (Å²) in [5, 5.41) is 2.73. The van der Waals surface area contributed by atoms with Crippen LogP contribution in [0.25, 0.3) is 0 Å². The van der Waals surface area contributed by atoms with Crippen molar-refractivity contribution in [3.05, 3.63) is 0 Å². The van der Waals surface area contributed by atoms with Gasteiger partial charge in [-0.1, -0.05) is 117 Å². The van der Waals surface area contributed by atoms with Crippen LogP contribution in [0.5, 0.6) is 0 Å². The van der Waals surface area contributed by atoms with Crippen molar-refractivity contribution in [2.45, 2.75) is 156 Å². The maximum atomic E-state index is 13.0. The molecular weight excluding hydrogens is 510 g/mol. The number of hydrogen-bond donors (Lipinski definition) is 2. The predicted octanol–water partition coefficient (Wildman–Crippen LogP) is 7.92. The number of rotatable bonds is 25. The van der Waals surface area contributed by atoms with E-state index in [-0.39, 0.29) is 29.6 Å². The molecule has 3 amide bonds. The Bertz CT molecular complexity index is 723. The van der Waals surface area contributed by atoms with Gasteiger partial charge in [0.1, 0.15) is 0 Å². The topological polar surface area (TPSA) is 89.3 Å². The Kier molecular flexibility index (Phi) is 20.3. The molecule has 1 rings (SSSR count). The van der Waals surface area contributed by atoms with Gasteiger partial charge < -0.3 is 10.2 Å². The molecule has 1 fully saturated rings. The molecule has 0 aromatic carbocycles. The van der Waals surface area contributed by atoms with Crippen LogP contribution in [0.4, 0.5) is 0 Å². The summed E-state index contributed by atoms with van der Waals surface area (Å²) in [6, 6.07) is 0. The van der Waals surface area contributed by atoms with Gasteiger partial charge in [-0.15, -0.1) is 0 Å². The Morgan fingerprint density at radius 1 is 0.756 bits per heavy atom. The number of carbonyl (C=O) groups is 3. The lowest BCUT2D eigenvalue weighted by Gasteiger charge is -2.24. The molecule has 4 atom stereocenters. The molecule has 0 aliphatic carbocycles. The summed E-state index contributed by atoms with van der Waals surface area (Å²) in [6.45, 7) is 8.40. The minimum atomic E-state index is -0.221. The Morgan fingerprint density at radius 3 is 1.73 bits per heavy atom. The molecule has 0 aromatic rings. The molecule has 0 radical (unpaired) electrons. The fourth-order valence-electron chi connectivity index (χ4n) is 6.85. The molecule has 1 aliphatic rings. The van der Waals surface area contributed by atoms with E-state index in [1.807, 2.05) is 6.92 Å². The molecular formula is C35H68N3O3+. The van der Waals surface area contributed by atoms with Crippen LogP contribution < -0.4 is 11.1 Å². The first-order valence-corrected chi connectivity index (χ1v) is 17.5. The number of likely N-dealkylation sites (tertiary alicyclic amines) is 1. The van der Waals surface area contributed by atoms with Gasteiger partial charge in [0, 0.05) is 30.1 Å². The molecule has 4 unspecified atom stereocenters. The average Bonchev–Trinajstić information content (AvgIpc) is 3.21. The highest BCUT2D eigenvalue weighted by Gasteiger charge is 2.41. The molecule has 0 aromatic heterocycles. The molecule has 1 aliphatic heterocycles. The van der Waals surface area contributed by atoms with Crippen LogP contribution in [0.3, 0.4) is 0 Å². The number of hydrogen-bond acceptors (Lipinski definition) is 3. The number of nitrogens with zero attached hydrogens (tertiary/aromatic N) is 1. The van der Waals surface area contributed by atoms with Crippen LogP contribution in [0.2, 0.25) is 0 Å². The normalized spacial score (nSPS) is 19.6. The first-order chi connectivity index (χ1) is 19.6. The minimum absolute atomic E-state index is 0.0814. The molecule has 0 saturated carbocycles. The number of imide groups is 1. The second-order valence-electron chi connectivity index (χ2n) is 14.0. The molecule has 6 nitrogen and oxygen atoms in total. The van der Waals surface area contributed by atoms with Crippen molar-refractivity contribution in [1.29, 1.82) is 0 Å². The highest BCUT2D eigenvalue weighted by molar-refractivity contribution is 5.96. The fourth-order valence-corrected chi connectivity index (χ4v) is 6.85. The number of nitrogens with two attached hydrogens (primary N) is 1. The molecule has 240 valence electrons. The predicted molar refractivity (Wildman–Crippen MR) is 172 cm³/mol. The summed E-state index contributed by atoms with van der Waals surface area (Å²) < 4.78 is 0.969. The third-order valence-electron chi connectivity index (χ3n) is 9.54. The molecule has 0 bridgehead atoms. The van der Waals surface area contributed by atoms with E-state index in [9.17, 15) is 14.4 Å². The van der Waals surface area contributed by atoms with Gasteiger partial charge in [-0.2, -0.15) is 0 Å². The van der Waals surface area contributed by atoms with Crippen LogP contribution in [0.1, 0.15) is 156 Å². The first kappa shape index (κ1) is 37.6. The lowest BCUT2D eigenvalue weighted by Crippen LogP contribution is -2.38. The van der Waals surface area contributed by atoms with E-state index in [0.717, 1.165) is 62.5 Å². The Labute approximate surface area is 253 Å². The largest absolute Gasteiger partial charge is 0.369 e. The van der Waals surface area contributed by atoms with E-state index in [1.165, 1.54) is 83.5 Å². The van der Waals surface area contributed by atoms with E-state index < -0.39 is 0 Å². The third kappa shape index (κ3) is 18.0. The number of quaternary nitrogens is 1. The fraction of sp³-hybridized carbons (Fsp3) is 0.914. The zero-order chi connectivity index (χ0) is 30.5. The second-order valence-corrected chi connectivity index (χ2v) is 14.0. The Balaban J connectivity index is 2.20. The first-order valence-electron chi connectivity index (χ1n) is 17.5. The highest BCUT2D eigenvalue weighted by atomic mass is 16.2. The minimum Gasteiger partial charge on any atom is -0.369 e. The van der Waals surface area contributed by atoms with Crippen molar-refractivity contribution in [2.24, 2.45) is 29.4 Å². The maximum Gasteiger partial charge on any atom is 0.229 e. The average molecular weight is 579 g/mol. The van der Waals surface area contributed by atoms with E-state index in [4.69, 9.17) is 5.73 Å².